The quantitative estimate of drug-likeness (QED) is 0.431. The molecule has 0 aliphatic carbocycles. The van der Waals surface area contributed by atoms with Crippen LogP contribution in [0.25, 0.3) is 0 Å². The van der Waals surface area contributed by atoms with E-state index in [1.807, 2.05) is 11.9 Å². The molecule has 0 radical (unpaired) electrons. The van der Waals surface area contributed by atoms with Gasteiger partial charge in [-0.1, -0.05) is 0 Å². The molecule has 134 valence electrons. The van der Waals surface area contributed by atoms with Crippen molar-refractivity contribution in [3.8, 4) is 5.75 Å². The van der Waals surface area contributed by atoms with Crippen LogP contribution in [0.15, 0.2) is 28.7 Å². The number of esters is 1. The number of methoxy groups -OCH3 is 2. The zero-order valence-electron chi connectivity index (χ0n) is 14.6. The van der Waals surface area contributed by atoms with Crippen molar-refractivity contribution in [2.45, 2.75) is 20.0 Å². The number of hydrogen-bond acceptors (Lipinski definition) is 7. The molecule has 0 fully saturated rings. The van der Waals surface area contributed by atoms with Gasteiger partial charge < -0.3 is 13.9 Å². The summed E-state index contributed by atoms with van der Waals surface area (Å²) in [4.78, 5) is 24.0. The van der Waals surface area contributed by atoms with Crippen LogP contribution in [-0.4, -0.2) is 37.1 Å². The first-order valence-corrected chi connectivity index (χ1v) is 7.53. The molecule has 0 aliphatic heterocycles. The highest BCUT2D eigenvalue weighted by molar-refractivity contribution is 5.90. The van der Waals surface area contributed by atoms with Crippen LogP contribution >= 0.6 is 0 Å². The van der Waals surface area contributed by atoms with Gasteiger partial charge in [0.15, 0.2) is 0 Å². The number of furan rings is 1. The maximum atomic E-state index is 11.6. The Kier molecular flexibility index (Phi) is 5.76. The first-order valence-electron chi connectivity index (χ1n) is 7.53. The minimum Gasteiger partial charge on any atom is -0.496 e. The Hall–Kier alpha value is -2.87. The number of benzene rings is 1. The number of rotatable bonds is 7. The molecular weight excluding hydrogens is 328 g/mol. The van der Waals surface area contributed by atoms with Gasteiger partial charge in [-0.05, 0) is 26.1 Å². The first kappa shape index (κ1) is 18.5. The summed E-state index contributed by atoms with van der Waals surface area (Å²) in [6.45, 7) is 2.53. The molecular formula is C17H20N2O6. The lowest BCUT2D eigenvalue weighted by molar-refractivity contribution is -0.384. The number of ether oxygens (including phenoxy) is 2. The van der Waals surface area contributed by atoms with Crippen LogP contribution in [0.3, 0.4) is 0 Å². The summed E-state index contributed by atoms with van der Waals surface area (Å²) in [5.74, 6) is 1.21. The second kappa shape index (κ2) is 7.80. The molecule has 0 N–H and O–H groups in total. The lowest BCUT2D eigenvalue weighted by Gasteiger charge is -2.17. The van der Waals surface area contributed by atoms with Crippen LogP contribution < -0.4 is 4.74 Å². The average Bonchev–Trinajstić information content (AvgIpc) is 2.94. The number of aryl methyl sites for hydroxylation is 1. The molecule has 8 heteroatoms. The number of hydrogen-bond donors (Lipinski definition) is 0. The standard InChI is InChI=1S/C17H20N2O6/c1-11-15(17(20)24-4)8-14(25-11)10-18(2)9-12-7-13(19(21)22)5-6-16(12)23-3/h5-8H,9-10H2,1-4H3. The van der Waals surface area contributed by atoms with Crippen molar-refractivity contribution >= 4 is 11.7 Å². The highest BCUT2D eigenvalue weighted by atomic mass is 16.6. The van der Waals surface area contributed by atoms with E-state index in [-0.39, 0.29) is 5.69 Å². The maximum Gasteiger partial charge on any atom is 0.341 e. The van der Waals surface area contributed by atoms with Crippen molar-refractivity contribution in [1.82, 2.24) is 4.90 Å². The number of carbonyl (C=O) groups is 1. The molecule has 25 heavy (non-hydrogen) atoms. The van der Waals surface area contributed by atoms with Crippen LogP contribution in [0.1, 0.15) is 27.4 Å². The van der Waals surface area contributed by atoms with Crippen LogP contribution in [0.4, 0.5) is 5.69 Å². The van der Waals surface area contributed by atoms with E-state index in [1.54, 1.807) is 19.1 Å². The first-order chi connectivity index (χ1) is 11.8. The fourth-order valence-corrected chi connectivity index (χ4v) is 2.55. The Morgan fingerprint density at radius 1 is 1.28 bits per heavy atom. The minimum absolute atomic E-state index is 0.00557. The molecule has 0 unspecified atom stereocenters. The summed E-state index contributed by atoms with van der Waals surface area (Å²) in [6.07, 6.45) is 0. The Morgan fingerprint density at radius 3 is 2.60 bits per heavy atom. The van der Waals surface area contributed by atoms with Gasteiger partial charge in [-0.25, -0.2) is 4.79 Å². The predicted molar refractivity (Wildman–Crippen MR) is 89.6 cm³/mol. The van der Waals surface area contributed by atoms with Crippen molar-refractivity contribution in [3.63, 3.8) is 0 Å². The molecule has 0 amide bonds. The van der Waals surface area contributed by atoms with Gasteiger partial charge in [-0.2, -0.15) is 0 Å². The number of non-ortho nitro benzene ring substituents is 1. The molecule has 2 rings (SSSR count). The van der Waals surface area contributed by atoms with E-state index in [1.165, 1.54) is 26.4 Å². The van der Waals surface area contributed by atoms with Crippen LogP contribution in [0.5, 0.6) is 5.75 Å². The van der Waals surface area contributed by atoms with Gasteiger partial charge in [0.1, 0.15) is 22.8 Å². The lowest BCUT2D eigenvalue weighted by Crippen LogP contribution is -2.17. The second-order valence-electron chi connectivity index (χ2n) is 5.60. The molecule has 0 atom stereocenters. The van der Waals surface area contributed by atoms with Gasteiger partial charge in [0.2, 0.25) is 0 Å². The Bertz CT molecular complexity index is 783. The number of nitro benzene ring substituents is 1. The van der Waals surface area contributed by atoms with Gasteiger partial charge in [-0.15, -0.1) is 0 Å². The number of nitrogens with zero attached hydrogens (tertiary/aromatic N) is 2. The van der Waals surface area contributed by atoms with Crippen LogP contribution in [-0.2, 0) is 17.8 Å². The molecule has 0 spiro atoms. The van der Waals surface area contributed by atoms with E-state index in [4.69, 9.17) is 13.9 Å². The summed E-state index contributed by atoms with van der Waals surface area (Å²) in [5, 5.41) is 11.0. The van der Waals surface area contributed by atoms with E-state index in [2.05, 4.69) is 0 Å². The number of nitro groups is 1. The van der Waals surface area contributed by atoms with Crippen molar-refractivity contribution in [1.29, 1.82) is 0 Å². The third-order valence-electron chi connectivity index (χ3n) is 3.71. The van der Waals surface area contributed by atoms with Crippen molar-refractivity contribution in [3.05, 3.63) is 57.0 Å². The summed E-state index contributed by atoms with van der Waals surface area (Å²) in [6, 6.07) is 6.11. The van der Waals surface area contributed by atoms with Crippen molar-refractivity contribution in [2.75, 3.05) is 21.3 Å². The predicted octanol–water partition coefficient (Wildman–Crippen LogP) is 2.92. The van der Waals surface area contributed by atoms with E-state index >= 15 is 0 Å². The van der Waals surface area contributed by atoms with E-state index in [0.717, 1.165) is 0 Å². The maximum absolute atomic E-state index is 11.6. The molecule has 1 aromatic carbocycles. The zero-order chi connectivity index (χ0) is 18.6. The second-order valence-corrected chi connectivity index (χ2v) is 5.60. The van der Waals surface area contributed by atoms with E-state index in [9.17, 15) is 14.9 Å². The van der Waals surface area contributed by atoms with Crippen LogP contribution in [0.2, 0.25) is 0 Å². The van der Waals surface area contributed by atoms with E-state index in [0.29, 0.717) is 41.5 Å². The highest BCUT2D eigenvalue weighted by Gasteiger charge is 2.17. The highest BCUT2D eigenvalue weighted by Crippen LogP contribution is 2.26. The van der Waals surface area contributed by atoms with Gasteiger partial charge in [0, 0.05) is 24.2 Å². The van der Waals surface area contributed by atoms with Crippen molar-refractivity contribution in [2.24, 2.45) is 0 Å². The molecule has 0 aliphatic rings. The molecule has 8 nitrogen and oxygen atoms in total. The third kappa shape index (κ3) is 4.36. The van der Waals surface area contributed by atoms with Gasteiger partial charge in [0.05, 0.1) is 25.7 Å². The fourth-order valence-electron chi connectivity index (χ4n) is 2.55. The summed E-state index contributed by atoms with van der Waals surface area (Å²) >= 11 is 0. The van der Waals surface area contributed by atoms with Gasteiger partial charge >= 0.3 is 5.97 Å². The normalized spacial score (nSPS) is 10.8. The largest absolute Gasteiger partial charge is 0.496 e. The zero-order valence-corrected chi connectivity index (χ0v) is 14.6. The van der Waals surface area contributed by atoms with E-state index < -0.39 is 10.9 Å². The molecule has 0 saturated heterocycles. The Morgan fingerprint density at radius 2 is 2.00 bits per heavy atom. The van der Waals surface area contributed by atoms with Gasteiger partial charge in [0.25, 0.3) is 5.69 Å². The summed E-state index contributed by atoms with van der Waals surface area (Å²) in [7, 11) is 4.67. The topological polar surface area (TPSA) is 95.0 Å². The monoisotopic (exact) mass is 348 g/mol. The fraction of sp³-hybridized carbons (Fsp3) is 0.353. The minimum atomic E-state index is -0.449. The Balaban J connectivity index is 2.15. The Labute approximate surface area is 145 Å². The SMILES string of the molecule is COC(=O)c1cc(CN(C)Cc2cc([N+](=O)[O-])ccc2OC)oc1C. The molecule has 1 heterocycles. The van der Waals surface area contributed by atoms with Crippen LogP contribution in [0, 0.1) is 17.0 Å². The lowest BCUT2D eigenvalue weighted by atomic mass is 10.1. The third-order valence-corrected chi connectivity index (χ3v) is 3.71. The number of carbonyl (C=O) groups excluding carboxylic acids is 1. The average molecular weight is 348 g/mol. The summed E-state index contributed by atoms with van der Waals surface area (Å²) in [5.41, 5.74) is 1.08. The molecule has 0 saturated carbocycles. The molecule has 1 aromatic heterocycles. The smallest absolute Gasteiger partial charge is 0.341 e. The summed E-state index contributed by atoms with van der Waals surface area (Å²) < 4.78 is 15.6. The van der Waals surface area contributed by atoms with Crippen molar-refractivity contribution < 1.29 is 23.6 Å². The van der Waals surface area contributed by atoms with Gasteiger partial charge in [-0.3, -0.25) is 15.0 Å². The molecule has 2 aromatic rings. The molecule has 0 bridgehead atoms.